The molecule has 1 heterocycles. The van der Waals surface area contributed by atoms with Gasteiger partial charge in [0.2, 0.25) is 5.91 Å². The molecule has 2 N–H and O–H groups in total. The van der Waals surface area contributed by atoms with Crippen molar-refractivity contribution in [1.29, 1.82) is 0 Å². The van der Waals surface area contributed by atoms with Gasteiger partial charge in [0.05, 0.1) is 0 Å². The highest BCUT2D eigenvalue weighted by atomic mass is 16.2. The molecule has 0 aliphatic carbocycles. The van der Waals surface area contributed by atoms with E-state index in [4.69, 9.17) is 5.73 Å². The lowest BCUT2D eigenvalue weighted by Crippen LogP contribution is -2.61. The molecule has 98 valence electrons. The van der Waals surface area contributed by atoms with Gasteiger partial charge >= 0.3 is 0 Å². The molecule has 1 aliphatic rings. The smallest absolute Gasteiger partial charge is 0.241 e. The van der Waals surface area contributed by atoms with Crippen LogP contribution in [0.15, 0.2) is 30.3 Å². The average molecular weight is 247 g/mol. The van der Waals surface area contributed by atoms with E-state index >= 15 is 0 Å². The standard InChI is InChI=1S/C14H21N3O/c1-11-9-17(10-12-6-4-3-5-7-12)14(18)13(8-15)16(11)2/h3-7,11,13H,8-10,15H2,1-2H3. The Morgan fingerprint density at radius 1 is 1.33 bits per heavy atom. The molecule has 0 bridgehead atoms. The minimum absolute atomic E-state index is 0.141. The van der Waals surface area contributed by atoms with E-state index in [0.29, 0.717) is 19.1 Å². The summed E-state index contributed by atoms with van der Waals surface area (Å²) >= 11 is 0. The van der Waals surface area contributed by atoms with Gasteiger partial charge in [-0.15, -0.1) is 0 Å². The Kier molecular flexibility index (Phi) is 3.99. The zero-order chi connectivity index (χ0) is 13.1. The minimum atomic E-state index is -0.183. The fourth-order valence-corrected chi connectivity index (χ4v) is 2.44. The number of amides is 1. The summed E-state index contributed by atoms with van der Waals surface area (Å²) in [4.78, 5) is 16.3. The lowest BCUT2D eigenvalue weighted by atomic mass is 10.1. The van der Waals surface area contributed by atoms with Crippen molar-refractivity contribution in [3.8, 4) is 0 Å². The summed E-state index contributed by atoms with van der Waals surface area (Å²) < 4.78 is 0. The third-order valence-electron chi connectivity index (χ3n) is 3.71. The first kappa shape index (κ1) is 13.1. The SMILES string of the molecule is CC1CN(Cc2ccccc2)C(=O)C(CN)N1C. The van der Waals surface area contributed by atoms with Crippen LogP contribution in [0.3, 0.4) is 0 Å². The number of piperazine rings is 1. The predicted octanol–water partition coefficient (Wildman–Crippen LogP) is 0.676. The fraction of sp³-hybridized carbons (Fsp3) is 0.500. The van der Waals surface area contributed by atoms with Gasteiger partial charge in [0.15, 0.2) is 0 Å². The molecular weight excluding hydrogens is 226 g/mol. The molecule has 4 nitrogen and oxygen atoms in total. The van der Waals surface area contributed by atoms with Gasteiger partial charge in [0.1, 0.15) is 6.04 Å². The number of hydrogen-bond donors (Lipinski definition) is 1. The molecule has 1 aromatic rings. The fourth-order valence-electron chi connectivity index (χ4n) is 2.44. The molecule has 1 fully saturated rings. The van der Waals surface area contributed by atoms with Crippen LogP contribution in [0.4, 0.5) is 0 Å². The van der Waals surface area contributed by atoms with Crippen molar-refractivity contribution in [3.63, 3.8) is 0 Å². The molecular formula is C14H21N3O. The number of hydrogen-bond acceptors (Lipinski definition) is 3. The Morgan fingerprint density at radius 2 is 2.00 bits per heavy atom. The van der Waals surface area contributed by atoms with Crippen molar-refractivity contribution >= 4 is 5.91 Å². The van der Waals surface area contributed by atoms with Gasteiger partial charge in [-0.3, -0.25) is 9.69 Å². The maximum absolute atomic E-state index is 12.3. The first-order valence-electron chi connectivity index (χ1n) is 6.38. The molecule has 0 saturated carbocycles. The Hall–Kier alpha value is -1.39. The third-order valence-corrected chi connectivity index (χ3v) is 3.71. The Morgan fingerprint density at radius 3 is 2.61 bits per heavy atom. The monoisotopic (exact) mass is 247 g/mol. The second kappa shape index (κ2) is 5.50. The summed E-state index contributed by atoms with van der Waals surface area (Å²) in [6.07, 6.45) is 0. The van der Waals surface area contributed by atoms with E-state index in [1.54, 1.807) is 0 Å². The maximum Gasteiger partial charge on any atom is 0.241 e. The van der Waals surface area contributed by atoms with E-state index < -0.39 is 0 Å². The molecule has 1 aromatic carbocycles. The number of nitrogens with zero attached hydrogens (tertiary/aromatic N) is 2. The van der Waals surface area contributed by atoms with E-state index in [1.165, 1.54) is 5.56 Å². The van der Waals surface area contributed by atoms with Crippen LogP contribution in [0.1, 0.15) is 12.5 Å². The van der Waals surface area contributed by atoms with Crippen molar-refractivity contribution in [2.75, 3.05) is 20.1 Å². The first-order valence-corrected chi connectivity index (χ1v) is 6.38. The number of likely N-dealkylation sites (N-methyl/N-ethyl adjacent to an activating group) is 1. The van der Waals surface area contributed by atoms with Crippen LogP contribution in [-0.4, -0.2) is 47.9 Å². The molecule has 0 aromatic heterocycles. The van der Waals surface area contributed by atoms with Gasteiger partial charge in [-0.1, -0.05) is 30.3 Å². The zero-order valence-corrected chi connectivity index (χ0v) is 11.0. The normalized spacial score (nSPS) is 25.5. The van der Waals surface area contributed by atoms with Crippen molar-refractivity contribution in [1.82, 2.24) is 9.80 Å². The molecule has 1 aliphatic heterocycles. The molecule has 0 radical (unpaired) electrons. The number of carbonyl (C=O) groups excluding carboxylic acids is 1. The highest BCUT2D eigenvalue weighted by molar-refractivity contribution is 5.83. The van der Waals surface area contributed by atoms with Gasteiger partial charge in [-0.2, -0.15) is 0 Å². The largest absolute Gasteiger partial charge is 0.335 e. The van der Waals surface area contributed by atoms with Gasteiger partial charge in [-0.25, -0.2) is 0 Å². The summed E-state index contributed by atoms with van der Waals surface area (Å²) in [5, 5.41) is 0. The van der Waals surface area contributed by atoms with Crippen LogP contribution in [0.25, 0.3) is 0 Å². The molecule has 2 unspecified atom stereocenters. The predicted molar refractivity (Wildman–Crippen MR) is 71.9 cm³/mol. The maximum atomic E-state index is 12.3. The lowest BCUT2D eigenvalue weighted by molar-refractivity contribution is -0.143. The van der Waals surface area contributed by atoms with Crippen molar-refractivity contribution < 1.29 is 4.79 Å². The minimum Gasteiger partial charge on any atom is -0.335 e. The molecule has 4 heteroatoms. The van der Waals surface area contributed by atoms with E-state index in [0.717, 1.165) is 6.54 Å². The Bertz CT molecular complexity index is 407. The average Bonchev–Trinajstić information content (AvgIpc) is 2.38. The van der Waals surface area contributed by atoms with Crippen molar-refractivity contribution in [3.05, 3.63) is 35.9 Å². The number of rotatable bonds is 3. The summed E-state index contributed by atoms with van der Waals surface area (Å²) in [7, 11) is 1.97. The summed E-state index contributed by atoms with van der Waals surface area (Å²) in [6, 6.07) is 10.2. The van der Waals surface area contributed by atoms with Gasteiger partial charge < -0.3 is 10.6 Å². The van der Waals surface area contributed by atoms with Crippen LogP contribution in [0.5, 0.6) is 0 Å². The number of carbonyl (C=O) groups is 1. The highest BCUT2D eigenvalue weighted by Gasteiger charge is 2.35. The molecule has 1 amide bonds. The summed E-state index contributed by atoms with van der Waals surface area (Å²) in [5.74, 6) is 0.141. The Balaban J connectivity index is 2.11. The molecule has 2 atom stereocenters. The van der Waals surface area contributed by atoms with Gasteiger partial charge in [0, 0.05) is 25.7 Å². The summed E-state index contributed by atoms with van der Waals surface area (Å²) in [5.41, 5.74) is 6.88. The van der Waals surface area contributed by atoms with E-state index in [9.17, 15) is 4.79 Å². The molecule has 18 heavy (non-hydrogen) atoms. The van der Waals surface area contributed by atoms with E-state index in [-0.39, 0.29) is 11.9 Å². The van der Waals surface area contributed by atoms with E-state index in [1.807, 2.05) is 42.3 Å². The lowest BCUT2D eigenvalue weighted by Gasteiger charge is -2.42. The first-order chi connectivity index (χ1) is 8.63. The van der Waals surface area contributed by atoms with Crippen molar-refractivity contribution in [2.24, 2.45) is 5.73 Å². The topological polar surface area (TPSA) is 49.6 Å². The quantitative estimate of drug-likeness (QED) is 0.854. The van der Waals surface area contributed by atoms with Gasteiger partial charge in [-0.05, 0) is 19.5 Å². The van der Waals surface area contributed by atoms with Crippen LogP contribution < -0.4 is 5.73 Å². The third kappa shape index (κ3) is 2.54. The Labute approximate surface area is 108 Å². The second-order valence-corrected chi connectivity index (χ2v) is 4.97. The number of benzene rings is 1. The van der Waals surface area contributed by atoms with Gasteiger partial charge in [0.25, 0.3) is 0 Å². The van der Waals surface area contributed by atoms with Crippen LogP contribution in [0, 0.1) is 0 Å². The molecule has 2 rings (SSSR count). The second-order valence-electron chi connectivity index (χ2n) is 4.97. The van der Waals surface area contributed by atoms with Crippen LogP contribution >= 0.6 is 0 Å². The van der Waals surface area contributed by atoms with Crippen LogP contribution in [0.2, 0.25) is 0 Å². The molecule has 1 saturated heterocycles. The summed E-state index contributed by atoms with van der Waals surface area (Å²) in [6.45, 7) is 3.95. The zero-order valence-electron chi connectivity index (χ0n) is 11.0. The van der Waals surface area contributed by atoms with Crippen LogP contribution in [-0.2, 0) is 11.3 Å². The van der Waals surface area contributed by atoms with E-state index in [2.05, 4.69) is 11.8 Å². The highest BCUT2D eigenvalue weighted by Crippen LogP contribution is 2.17. The van der Waals surface area contributed by atoms with Crippen molar-refractivity contribution in [2.45, 2.75) is 25.6 Å². The molecule has 0 spiro atoms. The number of nitrogens with two attached hydrogens (primary N) is 1.